The molecule has 0 aromatic heterocycles. The molecule has 0 radical (unpaired) electrons. The maximum Gasteiger partial charge on any atom is 0 e. The van der Waals surface area contributed by atoms with Gasteiger partial charge in [0.05, 0.1) is 0 Å². The maximum atomic E-state index is 5.16. The molecule has 0 unspecified atom stereocenters. The van der Waals surface area contributed by atoms with E-state index in [2.05, 4.69) is 0 Å². The summed E-state index contributed by atoms with van der Waals surface area (Å²) in [5.41, 5.74) is 10.3. The van der Waals surface area contributed by atoms with Crippen LogP contribution in [0.5, 0.6) is 0 Å². The SMILES string of the molecule is NCCCCN.[Pd]. The number of nitrogens with two attached hydrogens (primary N) is 2. The summed E-state index contributed by atoms with van der Waals surface area (Å²) in [6.07, 6.45) is 2.13. The summed E-state index contributed by atoms with van der Waals surface area (Å²) in [5, 5.41) is 0. The van der Waals surface area contributed by atoms with Crippen LogP contribution in [0.4, 0.5) is 0 Å². The average Bonchev–Trinajstić information content (AvgIpc) is 1.61. The second-order valence-corrected chi connectivity index (χ2v) is 1.28. The van der Waals surface area contributed by atoms with Crippen LogP contribution in [0, 0.1) is 0 Å². The summed E-state index contributed by atoms with van der Waals surface area (Å²) >= 11 is 0. The first-order valence-electron chi connectivity index (χ1n) is 2.32. The molecular formula is C4H12N2Pd. The number of hydrogen-bond donors (Lipinski definition) is 2. The zero-order valence-corrected chi connectivity index (χ0v) is 5.85. The second kappa shape index (κ2) is 9.77. The van der Waals surface area contributed by atoms with Crippen LogP contribution in [0.25, 0.3) is 0 Å². The Bertz CT molecular complexity index is 21.7. The Labute approximate surface area is 58.3 Å². The molecule has 0 aliphatic rings. The van der Waals surface area contributed by atoms with Crippen molar-refractivity contribution in [2.75, 3.05) is 13.1 Å². The summed E-state index contributed by atoms with van der Waals surface area (Å²) in [5.74, 6) is 0. The summed E-state index contributed by atoms with van der Waals surface area (Å²) in [4.78, 5) is 0. The van der Waals surface area contributed by atoms with E-state index in [-0.39, 0.29) is 20.4 Å². The van der Waals surface area contributed by atoms with E-state index in [1.807, 2.05) is 0 Å². The molecule has 0 aromatic carbocycles. The van der Waals surface area contributed by atoms with Crippen molar-refractivity contribution in [1.82, 2.24) is 0 Å². The van der Waals surface area contributed by atoms with Crippen LogP contribution in [0.3, 0.4) is 0 Å². The average molecular weight is 195 g/mol. The predicted octanol–water partition coefficient (Wildman–Crippen LogP) is -0.318. The molecule has 7 heavy (non-hydrogen) atoms. The van der Waals surface area contributed by atoms with Gasteiger partial charge in [-0.3, -0.25) is 0 Å². The van der Waals surface area contributed by atoms with Crippen LogP contribution in [-0.2, 0) is 20.4 Å². The molecule has 4 N–H and O–H groups in total. The fraction of sp³-hybridized carbons (Fsp3) is 1.00. The van der Waals surface area contributed by atoms with Gasteiger partial charge < -0.3 is 11.5 Å². The molecule has 0 bridgehead atoms. The Morgan fingerprint density at radius 2 is 1.14 bits per heavy atom. The fourth-order valence-electron chi connectivity index (χ4n) is 0.289. The summed E-state index contributed by atoms with van der Waals surface area (Å²) in [7, 11) is 0. The monoisotopic (exact) mass is 194 g/mol. The zero-order valence-electron chi connectivity index (χ0n) is 4.30. The van der Waals surface area contributed by atoms with Gasteiger partial charge in [0, 0.05) is 20.4 Å². The van der Waals surface area contributed by atoms with Crippen LogP contribution < -0.4 is 11.5 Å². The van der Waals surface area contributed by atoms with Gasteiger partial charge in [-0.05, 0) is 25.9 Å². The van der Waals surface area contributed by atoms with Crippen molar-refractivity contribution in [2.45, 2.75) is 12.8 Å². The third-order valence-corrected chi connectivity index (χ3v) is 0.658. The van der Waals surface area contributed by atoms with Crippen LogP contribution in [-0.4, -0.2) is 13.1 Å². The molecule has 0 aromatic rings. The fourth-order valence-corrected chi connectivity index (χ4v) is 0.289. The quantitative estimate of drug-likeness (QED) is 0.478. The molecule has 0 spiro atoms. The molecule has 0 amide bonds. The van der Waals surface area contributed by atoms with E-state index in [1.54, 1.807) is 0 Å². The van der Waals surface area contributed by atoms with Crippen LogP contribution >= 0.6 is 0 Å². The first kappa shape index (κ1) is 10.5. The molecule has 0 atom stereocenters. The van der Waals surface area contributed by atoms with Gasteiger partial charge in [-0.2, -0.15) is 0 Å². The van der Waals surface area contributed by atoms with Crippen molar-refractivity contribution in [2.24, 2.45) is 11.5 Å². The van der Waals surface area contributed by atoms with Gasteiger partial charge in [0.15, 0.2) is 0 Å². The Balaban J connectivity index is 0. The molecular weight excluding hydrogens is 182 g/mol. The Morgan fingerprint density at radius 3 is 1.29 bits per heavy atom. The van der Waals surface area contributed by atoms with E-state index in [0.717, 1.165) is 25.9 Å². The molecule has 0 aliphatic carbocycles. The Kier molecular flexibility index (Phi) is 14.7. The maximum absolute atomic E-state index is 5.16. The van der Waals surface area contributed by atoms with Gasteiger partial charge >= 0.3 is 0 Å². The van der Waals surface area contributed by atoms with Crippen molar-refractivity contribution < 1.29 is 20.4 Å². The van der Waals surface area contributed by atoms with Crippen molar-refractivity contribution in [3.8, 4) is 0 Å². The van der Waals surface area contributed by atoms with Crippen molar-refractivity contribution in [3.63, 3.8) is 0 Å². The van der Waals surface area contributed by atoms with Gasteiger partial charge in [0.25, 0.3) is 0 Å². The van der Waals surface area contributed by atoms with Crippen LogP contribution in [0.1, 0.15) is 12.8 Å². The molecule has 3 heteroatoms. The van der Waals surface area contributed by atoms with E-state index in [4.69, 9.17) is 11.5 Å². The topological polar surface area (TPSA) is 52.0 Å². The standard InChI is InChI=1S/C4H12N2.Pd/c5-3-1-2-4-6;/h1-6H2;. The summed E-state index contributed by atoms with van der Waals surface area (Å²) in [6.45, 7) is 1.55. The van der Waals surface area contributed by atoms with E-state index in [1.165, 1.54) is 0 Å². The molecule has 0 aliphatic heterocycles. The van der Waals surface area contributed by atoms with Crippen LogP contribution in [0.15, 0.2) is 0 Å². The van der Waals surface area contributed by atoms with Gasteiger partial charge in [0.2, 0.25) is 0 Å². The van der Waals surface area contributed by atoms with E-state index >= 15 is 0 Å². The van der Waals surface area contributed by atoms with E-state index in [0.29, 0.717) is 0 Å². The number of hydrogen-bond acceptors (Lipinski definition) is 2. The molecule has 0 saturated heterocycles. The molecule has 0 saturated carbocycles. The van der Waals surface area contributed by atoms with E-state index < -0.39 is 0 Å². The first-order chi connectivity index (χ1) is 2.91. The smallest absolute Gasteiger partial charge is 0 e. The summed E-state index contributed by atoms with van der Waals surface area (Å²) in [6, 6.07) is 0. The normalized spacial score (nSPS) is 7.71. The van der Waals surface area contributed by atoms with Crippen molar-refractivity contribution in [3.05, 3.63) is 0 Å². The third kappa shape index (κ3) is 10.8. The minimum Gasteiger partial charge on any atom is -0.330 e. The molecule has 48 valence electrons. The number of rotatable bonds is 3. The minimum absolute atomic E-state index is 0. The van der Waals surface area contributed by atoms with Crippen molar-refractivity contribution in [1.29, 1.82) is 0 Å². The third-order valence-electron chi connectivity index (χ3n) is 0.658. The molecule has 0 fully saturated rings. The second-order valence-electron chi connectivity index (χ2n) is 1.28. The molecule has 2 nitrogen and oxygen atoms in total. The largest absolute Gasteiger partial charge is 0.330 e. The molecule has 0 heterocycles. The van der Waals surface area contributed by atoms with E-state index in [9.17, 15) is 0 Å². The van der Waals surface area contributed by atoms with Crippen LogP contribution in [0.2, 0.25) is 0 Å². The van der Waals surface area contributed by atoms with Gasteiger partial charge in [-0.15, -0.1) is 0 Å². The van der Waals surface area contributed by atoms with Crippen molar-refractivity contribution >= 4 is 0 Å². The van der Waals surface area contributed by atoms with Gasteiger partial charge in [-0.1, -0.05) is 0 Å². The van der Waals surface area contributed by atoms with Gasteiger partial charge in [-0.25, -0.2) is 0 Å². The molecule has 0 rings (SSSR count). The Hall–Kier alpha value is 0.582. The predicted molar refractivity (Wildman–Crippen MR) is 27.3 cm³/mol. The Morgan fingerprint density at radius 1 is 0.857 bits per heavy atom. The first-order valence-corrected chi connectivity index (χ1v) is 2.32. The van der Waals surface area contributed by atoms with Gasteiger partial charge in [0.1, 0.15) is 0 Å². The minimum atomic E-state index is 0. The number of unbranched alkanes of at least 4 members (excludes halogenated alkanes) is 1. The summed E-state index contributed by atoms with van der Waals surface area (Å²) < 4.78 is 0. The zero-order chi connectivity index (χ0) is 4.83.